The summed E-state index contributed by atoms with van der Waals surface area (Å²) in [5, 5.41) is 32.6. The van der Waals surface area contributed by atoms with Gasteiger partial charge in [-0.15, -0.1) is 0 Å². The van der Waals surface area contributed by atoms with Crippen molar-refractivity contribution in [2.75, 3.05) is 0 Å². The number of hydrogen-bond acceptors (Lipinski definition) is 3. The lowest BCUT2D eigenvalue weighted by molar-refractivity contribution is -0.0991. The quantitative estimate of drug-likeness (QED) is 0.441. The Bertz CT molecular complexity index is 701. The lowest BCUT2D eigenvalue weighted by Gasteiger charge is -2.58. The third kappa shape index (κ3) is 3.83. The predicted octanol–water partition coefficient (Wildman–Crippen LogP) is 5.97. The van der Waals surface area contributed by atoms with Gasteiger partial charge in [-0.1, -0.05) is 59.6 Å². The molecular formula is C29H50O3. The van der Waals surface area contributed by atoms with Crippen LogP contribution < -0.4 is 0 Å². The first-order valence-electron chi connectivity index (χ1n) is 13.8. The summed E-state index contributed by atoms with van der Waals surface area (Å²) >= 11 is 0. The van der Waals surface area contributed by atoms with Crippen LogP contribution in [-0.2, 0) is 0 Å². The zero-order valence-electron chi connectivity index (χ0n) is 21.6. The van der Waals surface area contributed by atoms with Crippen LogP contribution >= 0.6 is 0 Å². The molecule has 0 saturated heterocycles. The van der Waals surface area contributed by atoms with E-state index >= 15 is 0 Å². The second kappa shape index (κ2) is 9.00. The Morgan fingerprint density at radius 1 is 0.969 bits per heavy atom. The van der Waals surface area contributed by atoms with Crippen LogP contribution in [-0.4, -0.2) is 33.6 Å². The zero-order chi connectivity index (χ0) is 23.4. The average molecular weight is 447 g/mol. The van der Waals surface area contributed by atoms with Gasteiger partial charge in [-0.05, 0) is 104 Å². The van der Waals surface area contributed by atoms with Gasteiger partial charge in [0.25, 0.3) is 0 Å². The van der Waals surface area contributed by atoms with E-state index in [-0.39, 0.29) is 28.8 Å². The fourth-order valence-electron chi connectivity index (χ4n) is 9.46. The Labute approximate surface area is 197 Å². The molecule has 3 nitrogen and oxygen atoms in total. The fourth-order valence-corrected chi connectivity index (χ4v) is 9.46. The Morgan fingerprint density at radius 3 is 2.34 bits per heavy atom. The van der Waals surface area contributed by atoms with Crippen LogP contribution in [0.3, 0.4) is 0 Å². The van der Waals surface area contributed by atoms with Crippen molar-refractivity contribution < 1.29 is 15.3 Å². The van der Waals surface area contributed by atoms with Crippen LogP contribution in [0, 0.1) is 52.3 Å². The van der Waals surface area contributed by atoms with Gasteiger partial charge in [0.2, 0.25) is 0 Å². The van der Waals surface area contributed by atoms with Gasteiger partial charge in [0, 0.05) is 0 Å². The van der Waals surface area contributed by atoms with Gasteiger partial charge >= 0.3 is 0 Å². The van der Waals surface area contributed by atoms with Crippen LogP contribution in [0.4, 0.5) is 0 Å². The van der Waals surface area contributed by atoms with E-state index in [1.54, 1.807) is 5.57 Å². The second-order valence-electron chi connectivity index (χ2n) is 13.0. The molecule has 4 aliphatic carbocycles. The molecule has 3 heteroatoms. The van der Waals surface area contributed by atoms with Crippen LogP contribution in [0.2, 0.25) is 0 Å². The molecule has 0 aromatic carbocycles. The molecule has 0 radical (unpaired) electrons. The normalized spacial score (nSPS) is 45.3. The molecule has 0 aromatic heterocycles. The lowest BCUT2D eigenvalue weighted by atomic mass is 9.47. The lowest BCUT2D eigenvalue weighted by Crippen LogP contribution is -2.52. The summed E-state index contributed by atoms with van der Waals surface area (Å²) in [6.45, 7) is 13.7. The van der Waals surface area contributed by atoms with Crippen molar-refractivity contribution >= 4 is 0 Å². The van der Waals surface area contributed by atoms with Crippen molar-refractivity contribution in [2.24, 2.45) is 52.3 Å². The molecule has 4 rings (SSSR count). The van der Waals surface area contributed by atoms with Gasteiger partial charge < -0.3 is 15.3 Å². The number of rotatable bonds is 6. The predicted molar refractivity (Wildman–Crippen MR) is 131 cm³/mol. The van der Waals surface area contributed by atoms with Gasteiger partial charge in [-0.3, -0.25) is 0 Å². The Balaban J connectivity index is 1.53. The van der Waals surface area contributed by atoms with Gasteiger partial charge in [0.1, 0.15) is 0 Å². The molecule has 184 valence electrons. The summed E-state index contributed by atoms with van der Waals surface area (Å²) in [5.74, 6) is 3.41. The summed E-state index contributed by atoms with van der Waals surface area (Å²) in [6.07, 6.45) is 11.2. The first-order valence-corrected chi connectivity index (χ1v) is 13.8. The van der Waals surface area contributed by atoms with E-state index < -0.39 is 12.2 Å². The summed E-state index contributed by atoms with van der Waals surface area (Å²) in [6, 6.07) is 0. The average Bonchev–Trinajstić information content (AvgIpc) is 3.10. The van der Waals surface area contributed by atoms with E-state index in [1.165, 1.54) is 32.1 Å². The van der Waals surface area contributed by atoms with Crippen molar-refractivity contribution in [3.05, 3.63) is 11.6 Å². The van der Waals surface area contributed by atoms with Gasteiger partial charge in [-0.2, -0.15) is 0 Å². The summed E-state index contributed by atoms with van der Waals surface area (Å²) < 4.78 is 0. The van der Waals surface area contributed by atoms with Crippen molar-refractivity contribution in [1.29, 1.82) is 0 Å². The van der Waals surface area contributed by atoms with E-state index in [1.807, 2.05) is 0 Å². The zero-order valence-corrected chi connectivity index (χ0v) is 21.6. The molecule has 0 aliphatic heterocycles. The third-order valence-corrected chi connectivity index (χ3v) is 11.4. The fraction of sp³-hybridized carbons (Fsp3) is 0.931. The number of aliphatic hydroxyl groups is 3. The maximum absolute atomic E-state index is 11.3. The van der Waals surface area contributed by atoms with Crippen LogP contribution in [0.15, 0.2) is 11.6 Å². The molecule has 0 aromatic rings. The van der Waals surface area contributed by atoms with Crippen molar-refractivity contribution in [3.63, 3.8) is 0 Å². The van der Waals surface area contributed by atoms with E-state index in [2.05, 4.69) is 47.6 Å². The highest BCUT2D eigenvalue weighted by molar-refractivity contribution is 5.25. The number of fused-ring (bicyclic) bond motifs is 5. The molecule has 11 atom stereocenters. The minimum absolute atomic E-state index is 0.137. The molecule has 3 fully saturated rings. The van der Waals surface area contributed by atoms with Crippen LogP contribution in [0.5, 0.6) is 0 Å². The first-order chi connectivity index (χ1) is 15.0. The first kappa shape index (κ1) is 24.7. The van der Waals surface area contributed by atoms with Gasteiger partial charge in [0.15, 0.2) is 0 Å². The highest BCUT2D eigenvalue weighted by atomic mass is 16.3. The summed E-state index contributed by atoms with van der Waals surface area (Å²) in [5.41, 5.74) is 2.10. The SMILES string of the molecule is CC[C@@H](C(C)C)C(O)C(O)[C@@H](C)[C@H]1CC[C@H]2[C@@H]3CC=C4C[C@@H](O)CC[C@]4(C)[C@H]3CC[C@]12C. The monoisotopic (exact) mass is 446 g/mol. The van der Waals surface area contributed by atoms with Gasteiger partial charge in [-0.25, -0.2) is 0 Å². The molecule has 3 N–H and O–H groups in total. The van der Waals surface area contributed by atoms with E-state index in [0.717, 1.165) is 43.4 Å². The maximum Gasteiger partial charge on any atom is 0.0832 e. The smallest absolute Gasteiger partial charge is 0.0832 e. The Morgan fingerprint density at radius 2 is 1.69 bits per heavy atom. The van der Waals surface area contributed by atoms with Crippen LogP contribution in [0.25, 0.3) is 0 Å². The standard InChI is InChI=1S/C29H50O3/c1-7-21(17(2)3)27(32)26(31)18(4)23-10-11-24-22-9-8-19-16-20(30)12-14-28(19,5)25(22)13-15-29(23,24)6/h8,17-18,20-27,30-32H,7,9-16H2,1-6H3/t18-,20-,21-,22-,23+,24-,25-,26?,27?,28-,29+/m0/s1. The number of hydrogen-bond donors (Lipinski definition) is 3. The minimum atomic E-state index is -0.629. The topological polar surface area (TPSA) is 60.7 Å². The molecular weight excluding hydrogens is 396 g/mol. The number of allylic oxidation sites excluding steroid dienone is 1. The Kier molecular flexibility index (Phi) is 6.96. The highest BCUT2D eigenvalue weighted by Gasteiger charge is 2.59. The Hall–Kier alpha value is -0.380. The summed E-state index contributed by atoms with van der Waals surface area (Å²) in [7, 11) is 0. The molecule has 3 saturated carbocycles. The molecule has 0 spiro atoms. The summed E-state index contributed by atoms with van der Waals surface area (Å²) in [4.78, 5) is 0. The minimum Gasteiger partial charge on any atom is -0.393 e. The molecule has 2 unspecified atom stereocenters. The molecule has 32 heavy (non-hydrogen) atoms. The van der Waals surface area contributed by atoms with E-state index in [9.17, 15) is 15.3 Å². The van der Waals surface area contributed by atoms with Gasteiger partial charge in [0.05, 0.1) is 18.3 Å². The third-order valence-electron chi connectivity index (χ3n) is 11.4. The van der Waals surface area contributed by atoms with Crippen molar-refractivity contribution in [1.82, 2.24) is 0 Å². The molecule has 0 amide bonds. The van der Waals surface area contributed by atoms with Crippen molar-refractivity contribution in [3.8, 4) is 0 Å². The molecule has 0 heterocycles. The maximum atomic E-state index is 11.3. The van der Waals surface area contributed by atoms with E-state index in [4.69, 9.17) is 0 Å². The van der Waals surface area contributed by atoms with E-state index in [0.29, 0.717) is 11.8 Å². The van der Waals surface area contributed by atoms with Crippen molar-refractivity contribution in [2.45, 2.75) is 118 Å². The number of aliphatic hydroxyl groups excluding tert-OH is 3. The van der Waals surface area contributed by atoms with Crippen LogP contribution in [0.1, 0.15) is 99.3 Å². The molecule has 4 aliphatic rings. The molecule has 0 bridgehead atoms. The largest absolute Gasteiger partial charge is 0.393 e. The second-order valence-corrected chi connectivity index (χ2v) is 13.0. The highest BCUT2D eigenvalue weighted by Crippen LogP contribution is 2.67.